The number of benzene rings is 1. The van der Waals surface area contributed by atoms with Crippen LogP contribution in [0, 0.1) is 24.3 Å². The summed E-state index contributed by atoms with van der Waals surface area (Å²) in [6.07, 6.45) is 2.61. The quantitative estimate of drug-likeness (QED) is 0.709. The van der Waals surface area contributed by atoms with Crippen molar-refractivity contribution in [3.63, 3.8) is 0 Å². The van der Waals surface area contributed by atoms with Gasteiger partial charge in [-0.1, -0.05) is 26.3 Å². The Labute approximate surface area is 121 Å². The van der Waals surface area contributed by atoms with Crippen LogP contribution in [0.15, 0.2) is 30.5 Å². The van der Waals surface area contributed by atoms with E-state index in [1.165, 1.54) is 11.1 Å². The Morgan fingerprint density at radius 3 is 2.83 bits per heavy atom. The molecule has 0 aliphatic heterocycles. The van der Waals surface area contributed by atoms with Crippen LogP contribution in [-0.4, -0.2) is 4.98 Å². The van der Waals surface area contributed by atoms with Gasteiger partial charge in [-0.05, 0) is 11.8 Å². The van der Waals surface area contributed by atoms with Crippen molar-refractivity contribution < 1.29 is 20.1 Å². The molecule has 1 radical (unpaired) electrons. The van der Waals surface area contributed by atoms with Gasteiger partial charge in [0.05, 0.1) is 6.07 Å². The summed E-state index contributed by atoms with van der Waals surface area (Å²) in [6, 6.07) is 12.8. The van der Waals surface area contributed by atoms with E-state index >= 15 is 0 Å². The molecule has 1 aromatic heterocycles. The van der Waals surface area contributed by atoms with Crippen LogP contribution in [0.5, 0.6) is 0 Å². The number of aromatic nitrogens is 1. The van der Waals surface area contributed by atoms with Gasteiger partial charge in [-0.15, -0.1) is 34.9 Å². The fourth-order valence-corrected chi connectivity index (χ4v) is 1.96. The molecule has 1 heterocycles. The first kappa shape index (κ1) is 14.6. The predicted octanol–water partition coefficient (Wildman–Crippen LogP) is 3.29. The molecule has 0 bridgehead atoms. The second kappa shape index (κ2) is 6.44. The van der Waals surface area contributed by atoms with Crippen LogP contribution in [0.4, 0.5) is 0 Å². The first-order valence-electron chi connectivity index (χ1n) is 5.63. The van der Waals surface area contributed by atoms with E-state index in [0.717, 1.165) is 17.7 Å². The summed E-state index contributed by atoms with van der Waals surface area (Å²) in [7, 11) is 0. The van der Waals surface area contributed by atoms with Crippen molar-refractivity contribution in [2.24, 2.45) is 0 Å². The van der Waals surface area contributed by atoms with Crippen molar-refractivity contribution in [2.75, 3.05) is 0 Å². The first-order chi connectivity index (χ1) is 8.26. The zero-order valence-electron chi connectivity index (χ0n) is 10.3. The molecule has 0 aliphatic rings. The van der Waals surface area contributed by atoms with Crippen molar-refractivity contribution in [1.29, 1.82) is 5.26 Å². The molecule has 93 valence electrons. The number of hydrogen-bond donors (Lipinski definition) is 0. The SMILES string of the molecule is CCc1c(-c2cc(C#N)ccn2)[c-]ccc1C.[Ir]. The molecule has 0 aliphatic carbocycles. The third-order valence-electron chi connectivity index (χ3n) is 2.84. The molecule has 0 N–H and O–H groups in total. The summed E-state index contributed by atoms with van der Waals surface area (Å²) in [5.41, 5.74) is 4.95. The van der Waals surface area contributed by atoms with Gasteiger partial charge in [-0.2, -0.15) is 5.26 Å². The third-order valence-corrected chi connectivity index (χ3v) is 2.84. The molecule has 0 spiro atoms. The van der Waals surface area contributed by atoms with Crippen molar-refractivity contribution >= 4 is 0 Å². The minimum atomic E-state index is 0. The van der Waals surface area contributed by atoms with Gasteiger partial charge < -0.3 is 4.98 Å². The summed E-state index contributed by atoms with van der Waals surface area (Å²) < 4.78 is 0. The Hall–Kier alpha value is -1.49. The van der Waals surface area contributed by atoms with E-state index in [-0.39, 0.29) is 20.1 Å². The smallest absolute Gasteiger partial charge is 0.0984 e. The zero-order valence-corrected chi connectivity index (χ0v) is 12.7. The van der Waals surface area contributed by atoms with E-state index < -0.39 is 0 Å². The van der Waals surface area contributed by atoms with E-state index in [1.807, 2.05) is 12.1 Å². The Balaban J connectivity index is 0.00000162. The number of pyridine rings is 1. The molecule has 0 saturated heterocycles. The topological polar surface area (TPSA) is 36.7 Å². The molecule has 0 atom stereocenters. The summed E-state index contributed by atoms with van der Waals surface area (Å²) in [5.74, 6) is 0. The standard InChI is InChI=1S/C15H13N2.Ir/c1-3-13-11(2)5-4-6-14(13)15-9-12(10-16)7-8-17-15;/h4-5,7-9H,3H2,1-2H3;/q-1;. The van der Waals surface area contributed by atoms with Gasteiger partial charge in [-0.3, -0.25) is 0 Å². The molecular formula is C15H13IrN2-. The molecule has 0 fully saturated rings. The largest absolute Gasteiger partial charge is 0.305 e. The van der Waals surface area contributed by atoms with Gasteiger partial charge in [0.2, 0.25) is 0 Å². The van der Waals surface area contributed by atoms with E-state index in [1.54, 1.807) is 12.3 Å². The summed E-state index contributed by atoms with van der Waals surface area (Å²) >= 11 is 0. The second-order valence-corrected chi connectivity index (χ2v) is 3.91. The van der Waals surface area contributed by atoms with Gasteiger partial charge in [0, 0.05) is 31.9 Å². The molecular weight excluding hydrogens is 400 g/mol. The van der Waals surface area contributed by atoms with Gasteiger partial charge in [0.25, 0.3) is 0 Å². The van der Waals surface area contributed by atoms with Crippen LogP contribution in [0.3, 0.4) is 0 Å². The summed E-state index contributed by atoms with van der Waals surface area (Å²) in [4.78, 5) is 4.32. The van der Waals surface area contributed by atoms with Crippen LogP contribution >= 0.6 is 0 Å². The fraction of sp³-hybridized carbons (Fsp3) is 0.200. The van der Waals surface area contributed by atoms with Crippen LogP contribution in [0.25, 0.3) is 11.3 Å². The summed E-state index contributed by atoms with van der Waals surface area (Å²) in [6.45, 7) is 4.21. The van der Waals surface area contributed by atoms with Crippen LogP contribution < -0.4 is 0 Å². The Kier molecular flexibility index (Phi) is 5.22. The van der Waals surface area contributed by atoms with E-state index in [9.17, 15) is 0 Å². The number of aryl methyl sites for hydroxylation is 1. The predicted molar refractivity (Wildman–Crippen MR) is 67.3 cm³/mol. The first-order valence-corrected chi connectivity index (χ1v) is 5.63. The minimum absolute atomic E-state index is 0. The maximum Gasteiger partial charge on any atom is 0.0984 e. The average molecular weight is 414 g/mol. The number of hydrogen-bond acceptors (Lipinski definition) is 2. The van der Waals surface area contributed by atoms with Gasteiger partial charge >= 0.3 is 0 Å². The maximum atomic E-state index is 8.90. The normalized spacial score (nSPS) is 9.39. The van der Waals surface area contributed by atoms with Crippen LogP contribution in [-0.2, 0) is 26.5 Å². The molecule has 2 aromatic rings. The number of rotatable bonds is 2. The molecule has 0 unspecified atom stereocenters. The molecule has 2 rings (SSSR count). The van der Waals surface area contributed by atoms with Crippen LogP contribution in [0.1, 0.15) is 23.6 Å². The van der Waals surface area contributed by atoms with Gasteiger partial charge in [-0.25, -0.2) is 0 Å². The van der Waals surface area contributed by atoms with Crippen molar-refractivity contribution in [3.8, 4) is 17.3 Å². The average Bonchev–Trinajstić information content (AvgIpc) is 2.38. The molecule has 0 saturated carbocycles. The Morgan fingerprint density at radius 1 is 1.39 bits per heavy atom. The number of nitriles is 1. The van der Waals surface area contributed by atoms with Crippen LogP contribution in [0.2, 0.25) is 0 Å². The molecule has 1 aromatic carbocycles. The second-order valence-electron chi connectivity index (χ2n) is 3.91. The molecule has 3 heteroatoms. The summed E-state index contributed by atoms with van der Waals surface area (Å²) in [5, 5.41) is 8.90. The Morgan fingerprint density at radius 2 is 2.17 bits per heavy atom. The van der Waals surface area contributed by atoms with E-state index in [4.69, 9.17) is 5.26 Å². The molecule has 0 amide bonds. The third kappa shape index (κ3) is 2.84. The maximum absolute atomic E-state index is 8.90. The fourth-order valence-electron chi connectivity index (χ4n) is 1.96. The van der Waals surface area contributed by atoms with Crippen molar-refractivity contribution in [2.45, 2.75) is 20.3 Å². The monoisotopic (exact) mass is 414 g/mol. The van der Waals surface area contributed by atoms with Gasteiger partial charge in [0.15, 0.2) is 0 Å². The van der Waals surface area contributed by atoms with E-state index in [0.29, 0.717) is 5.56 Å². The molecule has 18 heavy (non-hydrogen) atoms. The zero-order chi connectivity index (χ0) is 12.3. The van der Waals surface area contributed by atoms with Gasteiger partial charge in [0.1, 0.15) is 0 Å². The van der Waals surface area contributed by atoms with E-state index in [2.05, 4.69) is 37.0 Å². The molecule has 2 nitrogen and oxygen atoms in total. The van der Waals surface area contributed by atoms with Crippen molar-refractivity contribution in [3.05, 3.63) is 53.2 Å². The number of nitrogens with zero attached hydrogens (tertiary/aromatic N) is 2. The Bertz CT molecular complexity index is 585. The van der Waals surface area contributed by atoms with Crippen molar-refractivity contribution in [1.82, 2.24) is 4.98 Å². The minimum Gasteiger partial charge on any atom is -0.305 e.